The second kappa shape index (κ2) is 6.55. The van der Waals surface area contributed by atoms with E-state index in [2.05, 4.69) is 17.1 Å². The Morgan fingerprint density at radius 2 is 2.11 bits per heavy atom. The van der Waals surface area contributed by atoms with Gasteiger partial charge in [0.15, 0.2) is 0 Å². The van der Waals surface area contributed by atoms with E-state index in [9.17, 15) is 4.79 Å². The van der Waals surface area contributed by atoms with Crippen LogP contribution in [-0.4, -0.2) is 37.0 Å². The van der Waals surface area contributed by atoms with E-state index in [-0.39, 0.29) is 0 Å². The minimum absolute atomic E-state index is 0.409. The molecule has 1 N–H and O–H groups in total. The van der Waals surface area contributed by atoms with E-state index >= 15 is 0 Å². The van der Waals surface area contributed by atoms with Crippen LogP contribution in [0.5, 0.6) is 0 Å². The zero-order valence-electron chi connectivity index (χ0n) is 12.0. The summed E-state index contributed by atoms with van der Waals surface area (Å²) in [5.41, 5.74) is 0. The predicted molar refractivity (Wildman–Crippen MR) is 74.4 cm³/mol. The lowest BCUT2D eigenvalue weighted by atomic mass is 9.80. The Bertz CT molecular complexity index is 280. The summed E-state index contributed by atoms with van der Waals surface area (Å²) < 4.78 is 0. The highest BCUT2D eigenvalue weighted by atomic mass is 16.2. The highest BCUT2D eigenvalue weighted by Gasteiger charge is 2.30. The van der Waals surface area contributed by atoms with Gasteiger partial charge in [-0.1, -0.05) is 19.8 Å². The average Bonchev–Trinajstić information content (AvgIpc) is 2.78. The molecule has 1 saturated heterocycles. The van der Waals surface area contributed by atoms with Gasteiger partial charge in [0, 0.05) is 25.6 Å². The Balaban J connectivity index is 1.83. The molecule has 3 nitrogen and oxygen atoms in total. The number of nitrogens with zero attached hydrogens (tertiary/aromatic N) is 1. The highest BCUT2D eigenvalue weighted by molar-refractivity contribution is 5.77. The predicted octanol–water partition coefficient (Wildman–Crippen LogP) is 2.41. The number of carbonyl (C=O) groups excluding carboxylic acids is 1. The molecule has 0 aromatic heterocycles. The van der Waals surface area contributed by atoms with Gasteiger partial charge >= 0.3 is 0 Å². The van der Waals surface area contributed by atoms with Crippen LogP contribution in [0.1, 0.15) is 51.9 Å². The number of likely N-dealkylation sites (tertiary alicyclic amines) is 1. The van der Waals surface area contributed by atoms with Crippen LogP contribution in [0.4, 0.5) is 0 Å². The molecule has 1 aliphatic carbocycles. The fourth-order valence-corrected chi connectivity index (χ4v) is 3.72. The molecule has 104 valence electrons. The molecule has 3 unspecified atom stereocenters. The van der Waals surface area contributed by atoms with Gasteiger partial charge in [0.05, 0.1) is 0 Å². The number of hydrogen-bond donors (Lipinski definition) is 1. The molecule has 1 amide bonds. The quantitative estimate of drug-likeness (QED) is 0.833. The fraction of sp³-hybridized carbons (Fsp3) is 0.933. The normalized spacial score (nSPS) is 32.8. The van der Waals surface area contributed by atoms with Crippen LogP contribution in [0.3, 0.4) is 0 Å². The molecule has 1 saturated carbocycles. The number of carbonyl (C=O) groups is 1. The summed E-state index contributed by atoms with van der Waals surface area (Å²) in [6.07, 6.45) is 8.35. The SMILES string of the molecule is CNCC1CCCN1C(=O)CC1CCCC(C)C1. The molecular formula is C15H28N2O. The van der Waals surface area contributed by atoms with Crippen molar-refractivity contribution in [3.8, 4) is 0 Å². The number of likely N-dealkylation sites (N-methyl/N-ethyl adjacent to an activating group) is 1. The van der Waals surface area contributed by atoms with E-state index in [4.69, 9.17) is 0 Å². The first kappa shape index (κ1) is 13.9. The van der Waals surface area contributed by atoms with E-state index < -0.39 is 0 Å². The first-order chi connectivity index (χ1) is 8.70. The maximum Gasteiger partial charge on any atom is 0.223 e. The number of nitrogens with one attached hydrogen (secondary N) is 1. The van der Waals surface area contributed by atoms with E-state index in [0.29, 0.717) is 17.9 Å². The maximum absolute atomic E-state index is 12.4. The zero-order valence-corrected chi connectivity index (χ0v) is 12.0. The maximum atomic E-state index is 12.4. The van der Waals surface area contributed by atoms with Crippen LogP contribution in [0.25, 0.3) is 0 Å². The lowest BCUT2D eigenvalue weighted by Crippen LogP contribution is -2.41. The van der Waals surface area contributed by atoms with Crippen LogP contribution in [0.2, 0.25) is 0 Å². The molecular weight excluding hydrogens is 224 g/mol. The summed E-state index contributed by atoms with van der Waals surface area (Å²) in [4.78, 5) is 14.5. The molecule has 3 heteroatoms. The summed E-state index contributed by atoms with van der Waals surface area (Å²) >= 11 is 0. The molecule has 0 radical (unpaired) electrons. The highest BCUT2D eigenvalue weighted by Crippen LogP contribution is 2.31. The third-order valence-corrected chi connectivity index (χ3v) is 4.65. The van der Waals surface area contributed by atoms with Gasteiger partial charge in [-0.3, -0.25) is 4.79 Å². The van der Waals surface area contributed by atoms with E-state index in [1.54, 1.807) is 0 Å². The van der Waals surface area contributed by atoms with Crippen LogP contribution >= 0.6 is 0 Å². The van der Waals surface area contributed by atoms with Gasteiger partial charge in [-0.05, 0) is 44.6 Å². The Hall–Kier alpha value is -0.570. The molecule has 0 aromatic rings. The summed E-state index contributed by atoms with van der Waals surface area (Å²) in [5, 5.41) is 3.21. The van der Waals surface area contributed by atoms with Crippen molar-refractivity contribution in [2.75, 3.05) is 20.1 Å². The molecule has 0 bridgehead atoms. The van der Waals surface area contributed by atoms with Crippen molar-refractivity contribution in [1.82, 2.24) is 10.2 Å². The minimum atomic E-state index is 0.409. The Morgan fingerprint density at radius 3 is 2.83 bits per heavy atom. The van der Waals surface area contributed by atoms with Crippen molar-refractivity contribution < 1.29 is 4.79 Å². The summed E-state index contributed by atoms with van der Waals surface area (Å²) in [7, 11) is 1.98. The second-order valence-corrected chi connectivity index (χ2v) is 6.28. The van der Waals surface area contributed by atoms with Crippen LogP contribution < -0.4 is 5.32 Å². The van der Waals surface area contributed by atoms with Gasteiger partial charge < -0.3 is 10.2 Å². The van der Waals surface area contributed by atoms with Crippen molar-refractivity contribution in [2.24, 2.45) is 11.8 Å². The van der Waals surface area contributed by atoms with Crippen molar-refractivity contribution in [1.29, 1.82) is 0 Å². The van der Waals surface area contributed by atoms with Crippen molar-refractivity contribution in [3.05, 3.63) is 0 Å². The van der Waals surface area contributed by atoms with E-state index in [1.165, 1.54) is 38.5 Å². The summed E-state index contributed by atoms with van der Waals surface area (Å²) in [6.45, 7) is 4.26. The lowest BCUT2D eigenvalue weighted by Gasteiger charge is -2.30. The molecule has 2 fully saturated rings. The van der Waals surface area contributed by atoms with Gasteiger partial charge in [-0.2, -0.15) is 0 Å². The zero-order chi connectivity index (χ0) is 13.0. The smallest absolute Gasteiger partial charge is 0.223 e. The number of amides is 1. The molecule has 0 spiro atoms. The van der Waals surface area contributed by atoms with Crippen molar-refractivity contribution in [3.63, 3.8) is 0 Å². The minimum Gasteiger partial charge on any atom is -0.338 e. The largest absolute Gasteiger partial charge is 0.338 e. The Morgan fingerprint density at radius 1 is 1.28 bits per heavy atom. The Kier molecular flexibility index (Phi) is 5.04. The molecule has 18 heavy (non-hydrogen) atoms. The Labute approximate surface area is 111 Å². The van der Waals surface area contributed by atoms with Gasteiger partial charge in [0.25, 0.3) is 0 Å². The van der Waals surface area contributed by atoms with Crippen molar-refractivity contribution in [2.45, 2.75) is 57.9 Å². The first-order valence-corrected chi connectivity index (χ1v) is 7.64. The third-order valence-electron chi connectivity index (χ3n) is 4.65. The third kappa shape index (κ3) is 3.47. The van der Waals surface area contributed by atoms with E-state index in [1.807, 2.05) is 7.05 Å². The summed E-state index contributed by atoms with van der Waals surface area (Å²) in [5.74, 6) is 1.88. The fourth-order valence-electron chi connectivity index (χ4n) is 3.72. The number of hydrogen-bond acceptors (Lipinski definition) is 2. The molecule has 1 aliphatic heterocycles. The van der Waals surface area contributed by atoms with E-state index in [0.717, 1.165) is 25.4 Å². The van der Waals surface area contributed by atoms with Gasteiger partial charge in [-0.25, -0.2) is 0 Å². The first-order valence-electron chi connectivity index (χ1n) is 7.64. The lowest BCUT2D eigenvalue weighted by molar-refractivity contribution is -0.133. The molecule has 0 aromatic carbocycles. The van der Waals surface area contributed by atoms with Gasteiger partial charge in [0.2, 0.25) is 5.91 Å². The van der Waals surface area contributed by atoms with Crippen LogP contribution in [0, 0.1) is 11.8 Å². The molecule has 1 heterocycles. The van der Waals surface area contributed by atoms with Gasteiger partial charge in [-0.15, -0.1) is 0 Å². The molecule has 3 atom stereocenters. The van der Waals surface area contributed by atoms with Crippen molar-refractivity contribution >= 4 is 5.91 Å². The number of rotatable bonds is 4. The molecule has 2 rings (SSSR count). The van der Waals surface area contributed by atoms with Crippen LogP contribution in [-0.2, 0) is 4.79 Å². The standard InChI is InChI=1S/C15H28N2O/c1-12-5-3-6-13(9-12)10-15(18)17-8-4-7-14(17)11-16-2/h12-14,16H,3-11H2,1-2H3. The second-order valence-electron chi connectivity index (χ2n) is 6.28. The average molecular weight is 252 g/mol. The molecule has 2 aliphatic rings. The van der Waals surface area contributed by atoms with Crippen LogP contribution in [0.15, 0.2) is 0 Å². The monoisotopic (exact) mass is 252 g/mol. The topological polar surface area (TPSA) is 32.3 Å². The summed E-state index contributed by atoms with van der Waals surface area (Å²) in [6, 6.07) is 0.448. The van der Waals surface area contributed by atoms with Gasteiger partial charge in [0.1, 0.15) is 0 Å².